The standard InChI is InChI=1S/C19H17ClO3/c1-22-16-7-8-17(18(20)11-16)14-5-3-13-10-15(19(21)23-2)6-4-12(13)9-14/h4,6-11H,3,5H2,1-2H3. The minimum absolute atomic E-state index is 0.305. The average Bonchev–Trinajstić information content (AvgIpc) is 2.60. The summed E-state index contributed by atoms with van der Waals surface area (Å²) < 4.78 is 9.96. The number of carbonyl (C=O) groups excluding carboxylic acids is 1. The van der Waals surface area contributed by atoms with E-state index in [1.165, 1.54) is 12.7 Å². The Bertz CT molecular complexity index is 793. The van der Waals surface area contributed by atoms with Gasteiger partial charge in [0.15, 0.2) is 0 Å². The Morgan fingerprint density at radius 2 is 1.91 bits per heavy atom. The highest BCUT2D eigenvalue weighted by atomic mass is 35.5. The summed E-state index contributed by atoms with van der Waals surface area (Å²) in [6, 6.07) is 11.4. The Morgan fingerprint density at radius 3 is 2.61 bits per heavy atom. The lowest BCUT2D eigenvalue weighted by Crippen LogP contribution is -2.05. The van der Waals surface area contributed by atoms with E-state index in [4.69, 9.17) is 21.1 Å². The molecule has 0 heterocycles. The molecule has 3 rings (SSSR count). The van der Waals surface area contributed by atoms with E-state index in [1.807, 2.05) is 30.3 Å². The Kier molecular flexibility index (Phi) is 4.39. The molecule has 0 atom stereocenters. The van der Waals surface area contributed by atoms with E-state index >= 15 is 0 Å². The fraction of sp³-hybridized carbons (Fsp3) is 0.211. The van der Waals surface area contributed by atoms with Gasteiger partial charge in [0.2, 0.25) is 0 Å². The maximum Gasteiger partial charge on any atom is 0.337 e. The summed E-state index contributed by atoms with van der Waals surface area (Å²) in [5.41, 5.74) is 5.07. The van der Waals surface area contributed by atoms with Gasteiger partial charge in [-0.3, -0.25) is 0 Å². The molecule has 0 radical (unpaired) electrons. The number of carbonyl (C=O) groups is 1. The van der Waals surface area contributed by atoms with Gasteiger partial charge in [-0.25, -0.2) is 4.79 Å². The number of allylic oxidation sites excluding steroid dienone is 1. The van der Waals surface area contributed by atoms with E-state index in [-0.39, 0.29) is 5.97 Å². The van der Waals surface area contributed by atoms with Crippen LogP contribution in [0.1, 0.15) is 33.5 Å². The zero-order valence-electron chi connectivity index (χ0n) is 13.1. The van der Waals surface area contributed by atoms with Gasteiger partial charge >= 0.3 is 5.97 Å². The molecule has 1 aliphatic carbocycles. The van der Waals surface area contributed by atoms with Crippen molar-refractivity contribution in [3.05, 3.63) is 63.7 Å². The summed E-state index contributed by atoms with van der Waals surface area (Å²) in [6.07, 6.45) is 3.88. The van der Waals surface area contributed by atoms with Crippen LogP contribution in [0.3, 0.4) is 0 Å². The topological polar surface area (TPSA) is 35.5 Å². The van der Waals surface area contributed by atoms with Crippen LogP contribution in [0.25, 0.3) is 11.6 Å². The fourth-order valence-electron chi connectivity index (χ4n) is 2.83. The maximum atomic E-state index is 11.6. The van der Waals surface area contributed by atoms with Gasteiger partial charge in [0.05, 0.1) is 24.8 Å². The van der Waals surface area contributed by atoms with E-state index in [9.17, 15) is 4.79 Å². The molecular formula is C19H17ClO3. The Hall–Kier alpha value is -2.26. The third-order valence-electron chi connectivity index (χ3n) is 4.08. The van der Waals surface area contributed by atoms with Crippen molar-refractivity contribution in [1.82, 2.24) is 0 Å². The molecule has 1 aliphatic rings. The number of fused-ring (bicyclic) bond motifs is 1. The average molecular weight is 329 g/mol. The van der Waals surface area contributed by atoms with Crippen molar-refractivity contribution in [3.63, 3.8) is 0 Å². The number of ether oxygens (including phenoxy) is 2. The molecule has 0 fully saturated rings. The molecule has 23 heavy (non-hydrogen) atoms. The zero-order valence-corrected chi connectivity index (χ0v) is 13.8. The molecule has 0 saturated heterocycles. The van der Waals surface area contributed by atoms with Crippen molar-refractivity contribution >= 4 is 29.2 Å². The summed E-state index contributed by atoms with van der Waals surface area (Å²) in [5, 5.41) is 0.685. The predicted molar refractivity (Wildman–Crippen MR) is 92.0 cm³/mol. The largest absolute Gasteiger partial charge is 0.497 e. The molecular weight excluding hydrogens is 312 g/mol. The monoisotopic (exact) mass is 328 g/mol. The highest BCUT2D eigenvalue weighted by Crippen LogP contribution is 2.35. The van der Waals surface area contributed by atoms with Gasteiger partial charge in [0, 0.05) is 0 Å². The van der Waals surface area contributed by atoms with Crippen LogP contribution in [0.15, 0.2) is 36.4 Å². The van der Waals surface area contributed by atoms with Gasteiger partial charge in [-0.2, -0.15) is 0 Å². The fourth-order valence-corrected chi connectivity index (χ4v) is 3.12. The first-order valence-electron chi connectivity index (χ1n) is 7.38. The van der Waals surface area contributed by atoms with Crippen LogP contribution in [-0.4, -0.2) is 20.2 Å². The quantitative estimate of drug-likeness (QED) is 0.771. The van der Waals surface area contributed by atoms with E-state index in [0.29, 0.717) is 10.6 Å². The Morgan fingerprint density at radius 1 is 1.09 bits per heavy atom. The van der Waals surface area contributed by atoms with Gasteiger partial charge < -0.3 is 9.47 Å². The molecule has 0 saturated carbocycles. The molecule has 4 heteroatoms. The van der Waals surface area contributed by atoms with Gasteiger partial charge in [0.1, 0.15) is 5.75 Å². The maximum absolute atomic E-state index is 11.6. The van der Waals surface area contributed by atoms with Gasteiger partial charge in [-0.15, -0.1) is 0 Å². The van der Waals surface area contributed by atoms with Crippen LogP contribution in [0, 0.1) is 0 Å². The number of esters is 1. The highest BCUT2D eigenvalue weighted by molar-refractivity contribution is 6.32. The minimum atomic E-state index is -0.305. The second kappa shape index (κ2) is 6.47. The minimum Gasteiger partial charge on any atom is -0.497 e. The van der Waals surface area contributed by atoms with Crippen LogP contribution >= 0.6 is 11.6 Å². The summed E-state index contributed by atoms with van der Waals surface area (Å²) in [6.45, 7) is 0. The van der Waals surface area contributed by atoms with E-state index < -0.39 is 0 Å². The second-order valence-corrected chi connectivity index (χ2v) is 5.83. The number of rotatable bonds is 3. The molecule has 0 spiro atoms. The first kappa shape index (κ1) is 15.6. The summed E-state index contributed by atoms with van der Waals surface area (Å²) in [5.74, 6) is 0.444. The molecule has 0 amide bonds. The van der Waals surface area contributed by atoms with Crippen molar-refractivity contribution in [1.29, 1.82) is 0 Å². The number of benzene rings is 2. The van der Waals surface area contributed by atoms with Gasteiger partial charge in [-0.1, -0.05) is 23.7 Å². The molecule has 118 valence electrons. The Balaban J connectivity index is 1.96. The first-order valence-corrected chi connectivity index (χ1v) is 7.76. The van der Waals surface area contributed by atoms with Crippen LogP contribution in [-0.2, 0) is 11.2 Å². The molecule has 3 nitrogen and oxygen atoms in total. The van der Waals surface area contributed by atoms with Crippen LogP contribution in [0.4, 0.5) is 0 Å². The van der Waals surface area contributed by atoms with Crippen molar-refractivity contribution < 1.29 is 14.3 Å². The van der Waals surface area contributed by atoms with Crippen LogP contribution in [0.5, 0.6) is 5.75 Å². The lowest BCUT2D eigenvalue weighted by atomic mass is 9.88. The third-order valence-corrected chi connectivity index (χ3v) is 4.39. The van der Waals surface area contributed by atoms with Crippen molar-refractivity contribution in [3.8, 4) is 5.75 Å². The van der Waals surface area contributed by atoms with Gasteiger partial charge in [-0.05, 0) is 65.4 Å². The predicted octanol–water partition coefficient (Wildman–Crippen LogP) is 4.62. The molecule has 0 bridgehead atoms. The third kappa shape index (κ3) is 3.10. The van der Waals surface area contributed by atoms with Crippen molar-refractivity contribution in [2.75, 3.05) is 14.2 Å². The Labute approximate surface area is 140 Å². The van der Waals surface area contributed by atoms with Gasteiger partial charge in [0.25, 0.3) is 0 Å². The second-order valence-electron chi connectivity index (χ2n) is 5.42. The molecule has 0 unspecified atom stereocenters. The highest BCUT2D eigenvalue weighted by Gasteiger charge is 2.16. The van der Waals surface area contributed by atoms with Crippen molar-refractivity contribution in [2.24, 2.45) is 0 Å². The number of hydrogen-bond acceptors (Lipinski definition) is 3. The van der Waals surface area contributed by atoms with Crippen molar-refractivity contribution in [2.45, 2.75) is 12.8 Å². The number of methoxy groups -OCH3 is 2. The van der Waals surface area contributed by atoms with E-state index in [0.717, 1.165) is 35.3 Å². The molecule has 0 aliphatic heterocycles. The zero-order chi connectivity index (χ0) is 16.4. The normalized spacial score (nSPS) is 13.1. The number of hydrogen-bond donors (Lipinski definition) is 0. The van der Waals surface area contributed by atoms with E-state index in [2.05, 4.69) is 6.08 Å². The van der Waals surface area contributed by atoms with E-state index in [1.54, 1.807) is 13.2 Å². The summed E-state index contributed by atoms with van der Waals surface area (Å²) in [4.78, 5) is 11.6. The summed E-state index contributed by atoms with van der Waals surface area (Å²) in [7, 11) is 3.02. The lowest BCUT2D eigenvalue weighted by molar-refractivity contribution is 0.0600. The molecule has 0 N–H and O–H groups in total. The van der Waals surface area contributed by atoms with Crippen LogP contribution in [0.2, 0.25) is 5.02 Å². The van der Waals surface area contributed by atoms with Crippen LogP contribution < -0.4 is 4.74 Å². The number of aryl methyl sites for hydroxylation is 1. The lowest BCUT2D eigenvalue weighted by Gasteiger charge is -2.18. The molecule has 2 aromatic rings. The molecule has 0 aromatic heterocycles. The SMILES string of the molecule is COC(=O)c1ccc2c(c1)CCC(c1ccc(OC)cc1Cl)=C2. The smallest absolute Gasteiger partial charge is 0.337 e. The molecule has 2 aromatic carbocycles. The summed E-state index contributed by atoms with van der Waals surface area (Å²) >= 11 is 6.37. The first-order chi connectivity index (χ1) is 11.1. The number of halogens is 1.